The first-order valence-corrected chi connectivity index (χ1v) is 7.45. The van der Waals surface area contributed by atoms with Crippen LogP contribution in [-0.4, -0.2) is 22.7 Å². The Labute approximate surface area is 131 Å². The summed E-state index contributed by atoms with van der Waals surface area (Å²) in [5.74, 6) is -0.452. The number of hydrogen-bond acceptors (Lipinski definition) is 7. The summed E-state index contributed by atoms with van der Waals surface area (Å²) in [5.41, 5.74) is 7.42. The van der Waals surface area contributed by atoms with E-state index < -0.39 is 16.1 Å². The Balaban J connectivity index is 2.41. The average Bonchev–Trinajstić information content (AvgIpc) is 2.46. The number of allylic oxidation sites excluding steroid dienone is 1. The number of nitrogens with two attached hydrogens (primary N) is 1. The van der Waals surface area contributed by atoms with Gasteiger partial charge in [-0.2, -0.15) is 0 Å². The molecule has 22 heavy (non-hydrogen) atoms. The minimum atomic E-state index is -0.471. The molecule has 0 spiro atoms. The van der Waals surface area contributed by atoms with Gasteiger partial charge in [-0.3, -0.25) is 10.1 Å². The third-order valence-corrected chi connectivity index (χ3v) is 4.15. The van der Waals surface area contributed by atoms with E-state index in [0.717, 1.165) is 5.56 Å². The minimum absolute atomic E-state index is 0.00964. The van der Waals surface area contributed by atoms with Crippen molar-refractivity contribution in [2.75, 3.05) is 6.61 Å². The fourth-order valence-corrected chi connectivity index (χ4v) is 3.20. The highest BCUT2D eigenvalue weighted by Crippen LogP contribution is 2.41. The summed E-state index contributed by atoms with van der Waals surface area (Å²) in [6, 6.07) is 6.02. The lowest BCUT2D eigenvalue weighted by Gasteiger charge is -2.23. The number of ether oxygens (including phenoxy) is 1. The number of nitro benzene ring substituents is 1. The van der Waals surface area contributed by atoms with Crippen LogP contribution in [0.3, 0.4) is 0 Å². The molecule has 2 rings (SSSR count). The molecule has 1 aromatic rings. The number of nitrogens with zero attached hydrogens (tertiary/aromatic N) is 2. The summed E-state index contributed by atoms with van der Waals surface area (Å²) in [6.07, 6.45) is 0. The number of amidine groups is 1. The molecule has 0 aliphatic carbocycles. The van der Waals surface area contributed by atoms with Gasteiger partial charge in [0.25, 0.3) is 5.69 Å². The molecule has 7 nitrogen and oxygen atoms in total. The summed E-state index contributed by atoms with van der Waals surface area (Å²) >= 11 is 1.22. The number of hydrogen-bond donors (Lipinski definition) is 1. The first-order chi connectivity index (χ1) is 10.4. The second-order valence-electron chi connectivity index (χ2n) is 4.52. The molecule has 1 aliphatic rings. The van der Waals surface area contributed by atoms with E-state index in [2.05, 4.69) is 4.99 Å². The molecule has 0 aromatic heterocycles. The van der Waals surface area contributed by atoms with Gasteiger partial charge in [0, 0.05) is 12.1 Å². The van der Waals surface area contributed by atoms with Gasteiger partial charge in [0.15, 0.2) is 5.17 Å². The van der Waals surface area contributed by atoms with Crippen LogP contribution in [0.4, 0.5) is 5.69 Å². The number of non-ortho nitro benzene ring substituents is 1. The molecule has 2 N–H and O–H groups in total. The predicted octanol–water partition coefficient (Wildman–Crippen LogP) is 2.53. The first kappa shape index (κ1) is 16.0. The Bertz CT molecular complexity index is 667. The van der Waals surface area contributed by atoms with E-state index in [0.29, 0.717) is 16.4 Å². The Hall–Kier alpha value is -2.35. The van der Waals surface area contributed by atoms with Crippen molar-refractivity contribution in [1.29, 1.82) is 0 Å². The van der Waals surface area contributed by atoms with Gasteiger partial charge in [0.05, 0.1) is 28.1 Å². The molecule has 0 radical (unpaired) electrons. The molecular weight excluding hydrogens is 306 g/mol. The summed E-state index contributed by atoms with van der Waals surface area (Å²) < 4.78 is 5.07. The van der Waals surface area contributed by atoms with Crippen molar-refractivity contribution in [2.45, 2.75) is 19.1 Å². The van der Waals surface area contributed by atoms with Gasteiger partial charge in [0.1, 0.15) is 0 Å². The Morgan fingerprint density at radius 2 is 2.09 bits per heavy atom. The molecule has 1 atom stereocenters. The maximum Gasteiger partial charge on any atom is 0.337 e. The maximum atomic E-state index is 12.2. The number of aliphatic imine (C=N–C) groups is 1. The van der Waals surface area contributed by atoms with Crippen LogP contribution in [0.2, 0.25) is 0 Å². The van der Waals surface area contributed by atoms with E-state index in [9.17, 15) is 14.9 Å². The fourth-order valence-electron chi connectivity index (χ4n) is 2.09. The molecule has 0 amide bonds. The van der Waals surface area contributed by atoms with Gasteiger partial charge in [-0.25, -0.2) is 9.79 Å². The van der Waals surface area contributed by atoms with Crippen molar-refractivity contribution in [3.63, 3.8) is 0 Å². The number of carbonyl (C=O) groups is 1. The molecule has 116 valence electrons. The van der Waals surface area contributed by atoms with E-state index in [1.807, 2.05) is 0 Å². The zero-order chi connectivity index (χ0) is 16.3. The van der Waals surface area contributed by atoms with E-state index in [-0.39, 0.29) is 12.3 Å². The molecule has 0 bridgehead atoms. The number of thioether (sulfide) groups is 1. The maximum absolute atomic E-state index is 12.2. The smallest absolute Gasteiger partial charge is 0.337 e. The Morgan fingerprint density at radius 1 is 1.45 bits per heavy atom. The van der Waals surface area contributed by atoms with Gasteiger partial charge in [-0.15, -0.1) is 0 Å². The van der Waals surface area contributed by atoms with Crippen molar-refractivity contribution in [2.24, 2.45) is 10.7 Å². The van der Waals surface area contributed by atoms with E-state index in [1.165, 1.54) is 23.9 Å². The van der Waals surface area contributed by atoms with Crippen molar-refractivity contribution in [3.05, 3.63) is 51.2 Å². The largest absolute Gasteiger partial charge is 0.463 e. The highest BCUT2D eigenvalue weighted by molar-refractivity contribution is 8.14. The van der Waals surface area contributed by atoms with Crippen molar-refractivity contribution >= 4 is 28.6 Å². The number of carbonyl (C=O) groups excluding carboxylic acids is 1. The van der Waals surface area contributed by atoms with Crippen LogP contribution in [0.1, 0.15) is 24.7 Å². The highest BCUT2D eigenvalue weighted by atomic mass is 32.2. The van der Waals surface area contributed by atoms with E-state index >= 15 is 0 Å². The standard InChI is InChI=1S/C14H15N3O4S/c1-3-21-13(18)11-8(2)16-14(15)22-12(11)9-4-6-10(7-5-9)17(19)20/h4-7,12H,3H2,1-2H3,(H2,15,16). The van der Waals surface area contributed by atoms with Crippen molar-refractivity contribution in [3.8, 4) is 0 Å². The Kier molecular flexibility index (Phi) is 4.81. The summed E-state index contributed by atoms with van der Waals surface area (Å²) in [5, 5.41) is 10.7. The van der Waals surface area contributed by atoms with Crippen LogP contribution >= 0.6 is 11.8 Å². The third-order valence-electron chi connectivity index (χ3n) is 3.07. The van der Waals surface area contributed by atoms with Gasteiger partial charge >= 0.3 is 5.97 Å². The predicted molar refractivity (Wildman–Crippen MR) is 84.4 cm³/mol. The second kappa shape index (κ2) is 6.61. The SMILES string of the molecule is CCOC(=O)C1=C(C)N=C(N)SC1c1ccc([N+](=O)[O-])cc1. The van der Waals surface area contributed by atoms with E-state index in [4.69, 9.17) is 10.5 Å². The number of rotatable bonds is 4. The molecule has 1 aliphatic heterocycles. The summed E-state index contributed by atoms with van der Waals surface area (Å²) in [6.45, 7) is 3.67. The molecule has 1 heterocycles. The zero-order valence-corrected chi connectivity index (χ0v) is 12.9. The van der Waals surface area contributed by atoms with Crippen molar-refractivity contribution in [1.82, 2.24) is 0 Å². The Morgan fingerprint density at radius 3 is 2.64 bits per heavy atom. The van der Waals surface area contributed by atoms with E-state index in [1.54, 1.807) is 26.0 Å². The van der Waals surface area contributed by atoms with Gasteiger partial charge in [-0.1, -0.05) is 23.9 Å². The molecule has 0 saturated carbocycles. The first-order valence-electron chi connectivity index (χ1n) is 6.57. The lowest BCUT2D eigenvalue weighted by Crippen LogP contribution is -2.22. The lowest BCUT2D eigenvalue weighted by atomic mass is 10.0. The molecule has 0 saturated heterocycles. The lowest BCUT2D eigenvalue weighted by molar-refractivity contribution is -0.384. The van der Waals surface area contributed by atoms with Gasteiger partial charge in [-0.05, 0) is 19.4 Å². The second-order valence-corrected chi connectivity index (χ2v) is 5.64. The van der Waals surface area contributed by atoms with Gasteiger partial charge in [0.2, 0.25) is 0 Å². The van der Waals surface area contributed by atoms with Crippen LogP contribution in [0, 0.1) is 10.1 Å². The average molecular weight is 321 g/mol. The monoisotopic (exact) mass is 321 g/mol. The van der Waals surface area contributed by atoms with Crippen LogP contribution < -0.4 is 5.73 Å². The minimum Gasteiger partial charge on any atom is -0.463 e. The quantitative estimate of drug-likeness (QED) is 0.518. The molecule has 8 heteroatoms. The number of benzene rings is 1. The number of esters is 1. The molecule has 1 aromatic carbocycles. The highest BCUT2D eigenvalue weighted by Gasteiger charge is 2.31. The number of nitro groups is 1. The summed E-state index contributed by atoms with van der Waals surface area (Å²) in [4.78, 5) is 26.5. The van der Waals surface area contributed by atoms with Crippen LogP contribution in [0.25, 0.3) is 0 Å². The summed E-state index contributed by atoms with van der Waals surface area (Å²) in [7, 11) is 0. The topological polar surface area (TPSA) is 108 Å². The van der Waals surface area contributed by atoms with Crippen LogP contribution in [0.15, 0.2) is 40.5 Å². The molecule has 0 fully saturated rings. The van der Waals surface area contributed by atoms with Gasteiger partial charge < -0.3 is 10.5 Å². The fraction of sp³-hybridized carbons (Fsp3) is 0.286. The van der Waals surface area contributed by atoms with Crippen LogP contribution in [0.5, 0.6) is 0 Å². The molecule has 1 unspecified atom stereocenters. The third kappa shape index (κ3) is 3.28. The van der Waals surface area contributed by atoms with Crippen molar-refractivity contribution < 1.29 is 14.5 Å². The zero-order valence-electron chi connectivity index (χ0n) is 12.1. The molecular formula is C14H15N3O4S. The van der Waals surface area contributed by atoms with Crippen LogP contribution in [-0.2, 0) is 9.53 Å². The normalized spacial score (nSPS) is 17.9.